The van der Waals surface area contributed by atoms with Crippen LogP contribution < -0.4 is 10.6 Å². The Bertz CT molecular complexity index is 495. The third-order valence-corrected chi connectivity index (χ3v) is 3.50. The molecule has 0 radical (unpaired) electrons. The first-order valence-electron chi connectivity index (χ1n) is 7.84. The summed E-state index contributed by atoms with van der Waals surface area (Å²) in [5.74, 6) is 1.32. The molecule has 0 aromatic carbocycles. The monoisotopic (exact) mass is 310 g/mol. The smallest absolute Gasteiger partial charge is 0.407 e. The van der Waals surface area contributed by atoms with E-state index >= 15 is 0 Å². The molecule has 0 spiro atoms. The predicted molar refractivity (Wildman–Crippen MR) is 81.5 cm³/mol. The Hall–Kier alpha value is -1.63. The van der Waals surface area contributed by atoms with Gasteiger partial charge >= 0.3 is 6.09 Å². The van der Waals surface area contributed by atoms with Gasteiger partial charge in [0.05, 0.1) is 0 Å². The van der Waals surface area contributed by atoms with Crippen LogP contribution in [0.15, 0.2) is 4.52 Å². The van der Waals surface area contributed by atoms with Crippen LogP contribution in [0.25, 0.3) is 0 Å². The van der Waals surface area contributed by atoms with Gasteiger partial charge in [-0.1, -0.05) is 5.16 Å². The van der Waals surface area contributed by atoms with Gasteiger partial charge in [0.15, 0.2) is 5.82 Å². The lowest BCUT2D eigenvalue weighted by molar-refractivity contribution is 0.0505. The van der Waals surface area contributed by atoms with E-state index in [1.807, 2.05) is 20.8 Å². The molecular formula is C15H26N4O3. The van der Waals surface area contributed by atoms with Crippen LogP contribution in [0.3, 0.4) is 0 Å². The zero-order valence-corrected chi connectivity index (χ0v) is 13.8. The Morgan fingerprint density at radius 3 is 2.73 bits per heavy atom. The maximum Gasteiger partial charge on any atom is 0.407 e. The number of carbonyl (C=O) groups excluding carboxylic acids is 1. The van der Waals surface area contributed by atoms with Crippen molar-refractivity contribution in [1.82, 2.24) is 20.8 Å². The van der Waals surface area contributed by atoms with Crippen molar-refractivity contribution >= 4 is 6.09 Å². The van der Waals surface area contributed by atoms with E-state index in [0.29, 0.717) is 11.9 Å². The highest BCUT2D eigenvalue weighted by Crippen LogP contribution is 2.19. The van der Waals surface area contributed by atoms with E-state index in [4.69, 9.17) is 9.26 Å². The molecule has 2 N–H and O–H groups in total. The van der Waals surface area contributed by atoms with Crippen LogP contribution in [-0.2, 0) is 11.2 Å². The minimum Gasteiger partial charge on any atom is -0.444 e. The number of aryl methyl sites for hydroxylation is 1. The second-order valence-electron chi connectivity index (χ2n) is 6.79. The lowest BCUT2D eigenvalue weighted by Crippen LogP contribution is -2.39. The third-order valence-electron chi connectivity index (χ3n) is 3.50. The van der Waals surface area contributed by atoms with E-state index in [0.717, 1.165) is 38.1 Å². The van der Waals surface area contributed by atoms with Gasteiger partial charge in [0, 0.05) is 32.0 Å². The van der Waals surface area contributed by atoms with Gasteiger partial charge in [0.2, 0.25) is 5.89 Å². The number of aromatic nitrogens is 2. The van der Waals surface area contributed by atoms with Gasteiger partial charge in [-0.2, -0.15) is 4.98 Å². The lowest BCUT2D eigenvalue weighted by Gasteiger charge is -2.21. The molecule has 1 saturated carbocycles. The lowest BCUT2D eigenvalue weighted by atomic mass is 10.2. The van der Waals surface area contributed by atoms with Crippen LogP contribution in [0.5, 0.6) is 0 Å². The van der Waals surface area contributed by atoms with Crippen molar-refractivity contribution < 1.29 is 14.1 Å². The van der Waals surface area contributed by atoms with Gasteiger partial charge in [0.1, 0.15) is 5.60 Å². The van der Waals surface area contributed by atoms with Gasteiger partial charge in [-0.25, -0.2) is 4.79 Å². The molecule has 2 rings (SSSR count). The van der Waals surface area contributed by atoms with Crippen molar-refractivity contribution in [3.63, 3.8) is 0 Å². The number of hydrogen-bond donors (Lipinski definition) is 2. The zero-order valence-electron chi connectivity index (χ0n) is 13.8. The van der Waals surface area contributed by atoms with Gasteiger partial charge in [-0.15, -0.1) is 0 Å². The third kappa shape index (κ3) is 5.63. The summed E-state index contributed by atoms with van der Waals surface area (Å²) in [5, 5.41) is 10.3. The minimum atomic E-state index is -0.455. The topological polar surface area (TPSA) is 89.3 Å². The molecule has 0 saturated heterocycles. The molecule has 124 valence electrons. The fraction of sp³-hybridized carbons (Fsp3) is 0.800. The van der Waals surface area contributed by atoms with Crippen LogP contribution in [0, 0.1) is 6.92 Å². The molecule has 0 bridgehead atoms. The molecule has 1 aliphatic rings. The van der Waals surface area contributed by atoms with E-state index in [1.165, 1.54) is 0 Å². The van der Waals surface area contributed by atoms with Gasteiger partial charge in [-0.05, 0) is 40.0 Å². The number of alkyl carbamates (subject to hydrolysis) is 1. The van der Waals surface area contributed by atoms with Crippen LogP contribution in [-0.4, -0.2) is 40.5 Å². The van der Waals surface area contributed by atoms with Crippen LogP contribution in [0.2, 0.25) is 0 Å². The maximum absolute atomic E-state index is 11.7. The number of carbonyl (C=O) groups is 1. The fourth-order valence-corrected chi connectivity index (χ4v) is 2.60. The molecule has 1 amide bonds. The summed E-state index contributed by atoms with van der Waals surface area (Å²) in [6.07, 6.45) is 3.35. The molecule has 1 fully saturated rings. The maximum atomic E-state index is 11.7. The fourth-order valence-electron chi connectivity index (χ4n) is 2.60. The molecule has 1 aromatic rings. The Morgan fingerprint density at radius 2 is 2.09 bits per heavy atom. The number of nitrogens with one attached hydrogen (secondary N) is 2. The summed E-state index contributed by atoms with van der Waals surface area (Å²) in [4.78, 5) is 15.9. The molecule has 0 aliphatic heterocycles. The average Bonchev–Trinajstić information content (AvgIpc) is 2.97. The van der Waals surface area contributed by atoms with Crippen molar-refractivity contribution in [2.75, 3.05) is 6.54 Å². The van der Waals surface area contributed by atoms with Crippen LogP contribution in [0.4, 0.5) is 4.79 Å². The first-order valence-corrected chi connectivity index (χ1v) is 7.84. The van der Waals surface area contributed by atoms with Crippen molar-refractivity contribution in [2.45, 2.75) is 71.1 Å². The largest absolute Gasteiger partial charge is 0.444 e. The molecule has 1 aliphatic carbocycles. The summed E-state index contributed by atoms with van der Waals surface area (Å²) in [7, 11) is 0. The van der Waals surface area contributed by atoms with E-state index in [9.17, 15) is 4.79 Å². The molecule has 2 unspecified atom stereocenters. The molecule has 7 heteroatoms. The minimum absolute atomic E-state index is 0.180. The highest BCUT2D eigenvalue weighted by atomic mass is 16.6. The summed E-state index contributed by atoms with van der Waals surface area (Å²) >= 11 is 0. The van der Waals surface area contributed by atoms with E-state index in [1.54, 1.807) is 6.92 Å². The quantitative estimate of drug-likeness (QED) is 0.864. The number of hydrogen-bond acceptors (Lipinski definition) is 6. The summed E-state index contributed by atoms with van der Waals surface area (Å²) in [6, 6.07) is 0.590. The molecule has 2 atom stereocenters. The molecule has 7 nitrogen and oxygen atoms in total. The average molecular weight is 310 g/mol. The second kappa shape index (κ2) is 7.09. The van der Waals surface area contributed by atoms with Gasteiger partial charge < -0.3 is 19.9 Å². The van der Waals surface area contributed by atoms with Crippen molar-refractivity contribution in [3.8, 4) is 0 Å². The van der Waals surface area contributed by atoms with Gasteiger partial charge in [0.25, 0.3) is 0 Å². The Balaban J connectivity index is 1.64. The zero-order chi connectivity index (χ0) is 16.2. The van der Waals surface area contributed by atoms with E-state index in [-0.39, 0.29) is 12.1 Å². The first-order chi connectivity index (χ1) is 10.3. The van der Waals surface area contributed by atoms with Crippen molar-refractivity contribution in [2.24, 2.45) is 0 Å². The number of nitrogens with zero attached hydrogens (tertiary/aromatic N) is 2. The van der Waals surface area contributed by atoms with Gasteiger partial charge in [-0.3, -0.25) is 0 Å². The number of ether oxygens (including phenoxy) is 1. The van der Waals surface area contributed by atoms with Crippen molar-refractivity contribution in [1.29, 1.82) is 0 Å². The second-order valence-corrected chi connectivity index (χ2v) is 6.79. The van der Waals surface area contributed by atoms with E-state index in [2.05, 4.69) is 20.8 Å². The summed E-state index contributed by atoms with van der Waals surface area (Å²) in [5.41, 5.74) is -0.455. The normalized spacial score (nSPS) is 21.8. The highest BCUT2D eigenvalue weighted by molar-refractivity contribution is 5.68. The van der Waals surface area contributed by atoms with E-state index < -0.39 is 5.60 Å². The predicted octanol–water partition coefficient (Wildman–Crippen LogP) is 1.96. The number of rotatable bonds is 5. The first kappa shape index (κ1) is 16.7. The Kier molecular flexibility index (Phi) is 5.39. The van der Waals surface area contributed by atoms with Crippen LogP contribution in [0.1, 0.15) is 51.7 Å². The standard InChI is InChI=1S/C15H26N4O3/c1-10-17-13(19-22-10)7-8-16-11-5-6-12(9-11)18-14(20)21-15(2,3)4/h11-12,16H,5-9H2,1-4H3,(H,18,20). The van der Waals surface area contributed by atoms with Crippen LogP contribution >= 0.6 is 0 Å². The summed E-state index contributed by atoms with van der Waals surface area (Å²) in [6.45, 7) is 8.19. The Labute approximate surface area is 131 Å². The molecular weight excluding hydrogens is 284 g/mol. The van der Waals surface area contributed by atoms with Crippen molar-refractivity contribution in [3.05, 3.63) is 11.7 Å². The Morgan fingerprint density at radius 1 is 1.36 bits per heavy atom. The highest BCUT2D eigenvalue weighted by Gasteiger charge is 2.27. The number of amides is 1. The summed E-state index contributed by atoms with van der Waals surface area (Å²) < 4.78 is 10.2. The molecule has 22 heavy (non-hydrogen) atoms. The SMILES string of the molecule is Cc1nc(CCNC2CCC(NC(=O)OC(C)(C)C)C2)no1. The molecule has 1 heterocycles. The molecule has 1 aromatic heterocycles.